The molecule has 42 heavy (non-hydrogen) atoms. The summed E-state index contributed by atoms with van der Waals surface area (Å²) < 4.78 is 57.4. The molecule has 11 heteroatoms. The Bertz CT molecular complexity index is 1470. The third-order valence-electron chi connectivity index (χ3n) is 8.71. The Morgan fingerprint density at radius 1 is 1.07 bits per heavy atom. The predicted molar refractivity (Wildman–Crippen MR) is 157 cm³/mol. The summed E-state index contributed by atoms with van der Waals surface area (Å²) in [6.45, 7) is 1.01. The fourth-order valence-corrected chi connectivity index (χ4v) is 7.22. The molecule has 1 aliphatic heterocycles. The van der Waals surface area contributed by atoms with Crippen LogP contribution >= 0.6 is 10.6 Å². The molecule has 0 unspecified atom stereocenters. The highest BCUT2D eigenvalue weighted by Gasteiger charge is 2.48. The van der Waals surface area contributed by atoms with Crippen molar-refractivity contribution in [1.82, 2.24) is 10.3 Å². The molecule has 3 fully saturated rings. The predicted octanol–water partition coefficient (Wildman–Crippen LogP) is 6.50. The normalized spacial score (nSPS) is 23.9. The minimum absolute atomic E-state index is 0.238. The number of halogens is 2. The van der Waals surface area contributed by atoms with E-state index in [-0.39, 0.29) is 22.9 Å². The molecule has 1 aromatic heterocycles. The molecule has 3 aromatic rings. The summed E-state index contributed by atoms with van der Waals surface area (Å²) in [6, 6.07) is 17.0. The van der Waals surface area contributed by atoms with E-state index in [1.165, 1.54) is 24.3 Å². The van der Waals surface area contributed by atoms with Gasteiger partial charge >= 0.3 is 5.92 Å². The lowest BCUT2D eigenvalue weighted by atomic mass is 9.76. The Kier molecular flexibility index (Phi) is 7.50. The molecule has 8 nitrogen and oxygen atoms in total. The first-order valence-corrected chi connectivity index (χ1v) is 16.3. The van der Waals surface area contributed by atoms with E-state index in [2.05, 4.69) is 21.3 Å². The zero-order valence-corrected chi connectivity index (χ0v) is 24.0. The van der Waals surface area contributed by atoms with E-state index in [1.807, 2.05) is 12.1 Å². The molecule has 1 amide bonds. The molecular weight excluding hydrogens is 562 g/mol. The molecule has 3 aliphatic rings. The lowest BCUT2D eigenvalue weighted by Gasteiger charge is -2.41. The summed E-state index contributed by atoms with van der Waals surface area (Å²) >= 11 is 0. The zero-order chi connectivity index (χ0) is 29.5. The van der Waals surface area contributed by atoms with Gasteiger partial charge < -0.3 is 14.6 Å². The number of alkyl halides is 2. The lowest BCUT2D eigenvalue weighted by Crippen LogP contribution is -2.42. The van der Waals surface area contributed by atoms with E-state index in [4.69, 9.17) is 4.42 Å². The van der Waals surface area contributed by atoms with E-state index in [1.54, 1.807) is 18.2 Å². The number of anilines is 1. The second-order valence-electron chi connectivity index (χ2n) is 11.6. The van der Waals surface area contributed by atoms with Crippen LogP contribution in [0, 0.1) is 17.2 Å². The number of oxazole rings is 1. The summed E-state index contributed by atoms with van der Waals surface area (Å²) in [5.74, 6) is -4.58. The average molecular weight is 597 g/mol. The van der Waals surface area contributed by atoms with Crippen LogP contribution in [-0.4, -0.2) is 50.1 Å². The van der Waals surface area contributed by atoms with Gasteiger partial charge in [0, 0.05) is 41.7 Å². The van der Waals surface area contributed by atoms with E-state index in [9.17, 15) is 19.2 Å². The summed E-state index contributed by atoms with van der Waals surface area (Å²) in [5, 5.41) is 12.4. The van der Waals surface area contributed by atoms with Crippen molar-refractivity contribution in [2.45, 2.75) is 55.9 Å². The Morgan fingerprint density at radius 2 is 1.74 bits per heavy atom. The van der Waals surface area contributed by atoms with Gasteiger partial charge in [-0.2, -0.15) is 24.6 Å². The van der Waals surface area contributed by atoms with Gasteiger partial charge in [-0.3, -0.25) is 13.9 Å². The van der Waals surface area contributed by atoms with E-state index in [0.717, 1.165) is 18.5 Å². The van der Waals surface area contributed by atoms with Crippen molar-refractivity contribution in [3.8, 4) is 17.3 Å². The Balaban J connectivity index is 1.36. The van der Waals surface area contributed by atoms with Crippen molar-refractivity contribution in [3.05, 3.63) is 71.8 Å². The van der Waals surface area contributed by atoms with Crippen molar-refractivity contribution in [3.63, 3.8) is 0 Å². The largest absolute Gasteiger partial charge is 0.439 e. The number of hydrogen-bond donors (Lipinski definition) is 3. The van der Waals surface area contributed by atoms with Gasteiger partial charge in [-0.25, -0.2) is 4.98 Å². The quantitative estimate of drug-likeness (QED) is 0.285. The molecule has 0 spiro atoms. The van der Waals surface area contributed by atoms with Crippen molar-refractivity contribution >= 4 is 22.2 Å². The van der Waals surface area contributed by atoms with Crippen molar-refractivity contribution in [1.29, 1.82) is 5.26 Å². The maximum absolute atomic E-state index is 15.7. The summed E-state index contributed by atoms with van der Waals surface area (Å²) in [7, 11) is -2.53. The van der Waals surface area contributed by atoms with Crippen LogP contribution in [0.1, 0.15) is 61.7 Å². The molecule has 2 atom stereocenters. The SMILES string of the molecule is N#CC1(NC(=O)[C@@H]2CCCC[C@H]2c2oc(C(F)(F)c3ccccc3)nc2-c2ccc(N3CCS(O)(O)CC3)cc2)CC1. The molecule has 0 bridgehead atoms. The minimum atomic E-state index is -3.49. The van der Waals surface area contributed by atoms with Crippen molar-refractivity contribution in [2.24, 2.45) is 5.92 Å². The van der Waals surface area contributed by atoms with Crippen LogP contribution in [0.5, 0.6) is 0 Å². The molecule has 0 radical (unpaired) electrons. The van der Waals surface area contributed by atoms with Crippen molar-refractivity contribution in [2.75, 3.05) is 29.5 Å². The van der Waals surface area contributed by atoms with Gasteiger partial charge in [-0.1, -0.05) is 55.3 Å². The molecule has 3 N–H and O–H groups in total. The van der Waals surface area contributed by atoms with Gasteiger partial charge in [0.2, 0.25) is 5.91 Å². The van der Waals surface area contributed by atoms with Gasteiger partial charge in [-0.05, 0) is 37.8 Å². The van der Waals surface area contributed by atoms with Crippen molar-refractivity contribution < 1.29 is 27.1 Å². The first-order valence-electron chi connectivity index (χ1n) is 14.4. The van der Waals surface area contributed by atoms with E-state index in [0.29, 0.717) is 55.8 Å². The summed E-state index contributed by atoms with van der Waals surface area (Å²) in [5.41, 5.74) is 0.695. The zero-order valence-electron chi connectivity index (χ0n) is 23.1. The van der Waals surface area contributed by atoms with Crippen LogP contribution in [-0.2, 0) is 10.7 Å². The highest BCUT2D eigenvalue weighted by atomic mass is 32.3. The van der Waals surface area contributed by atoms with Gasteiger partial charge in [0.05, 0.1) is 17.6 Å². The van der Waals surface area contributed by atoms with Crippen LogP contribution in [0.3, 0.4) is 0 Å². The summed E-state index contributed by atoms with van der Waals surface area (Å²) in [4.78, 5) is 19.9. The van der Waals surface area contributed by atoms with Gasteiger partial charge in [0.25, 0.3) is 5.89 Å². The topological polar surface area (TPSA) is 123 Å². The third-order valence-corrected chi connectivity index (χ3v) is 10.4. The molecule has 2 aliphatic carbocycles. The van der Waals surface area contributed by atoms with Crippen LogP contribution in [0.4, 0.5) is 14.5 Å². The number of carbonyl (C=O) groups excluding carboxylic acids is 1. The highest BCUT2D eigenvalue weighted by Crippen LogP contribution is 2.47. The minimum Gasteiger partial charge on any atom is -0.439 e. The first-order chi connectivity index (χ1) is 20.1. The Morgan fingerprint density at radius 3 is 2.38 bits per heavy atom. The molecule has 2 saturated carbocycles. The maximum atomic E-state index is 15.7. The van der Waals surface area contributed by atoms with Crippen LogP contribution in [0.15, 0.2) is 59.0 Å². The number of aromatic nitrogens is 1. The molecule has 2 aromatic carbocycles. The van der Waals surface area contributed by atoms with Gasteiger partial charge in [0.15, 0.2) is 0 Å². The maximum Gasteiger partial charge on any atom is 0.347 e. The van der Waals surface area contributed by atoms with E-state index < -0.39 is 39.8 Å². The molecule has 222 valence electrons. The van der Waals surface area contributed by atoms with Crippen LogP contribution in [0.2, 0.25) is 0 Å². The Hall–Kier alpha value is -3.46. The number of rotatable bonds is 7. The molecule has 1 saturated heterocycles. The number of benzene rings is 2. The number of nitrogens with zero attached hydrogens (tertiary/aromatic N) is 3. The number of hydrogen-bond acceptors (Lipinski definition) is 7. The smallest absolute Gasteiger partial charge is 0.347 e. The lowest BCUT2D eigenvalue weighted by molar-refractivity contribution is -0.127. The molecule has 6 rings (SSSR count). The fourth-order valence-electron chi connectivity index (χ4n) is 5.99. The molecular formula is C31H34F2N4O4S. The van der Waals surface area contributed by atoms with Gasteiger partial charge in [0.1, 0.15) is 17.0 Å². The second kappa shape index (κ2) is 11.0. The average Bonchev–Trinajstić information content (AvgIpc) is 3.63. The second-order valence-corrected chi connectivity index (χ2v) is 14.0. The standard InChI is InChI=1S/C31H34F2N4O4S/c32-31(33,22-6-2-1-3-7-22)29-35-26(21-10-12-23(13-11-21)37-16-18-42(39,40)19-17-37)27(41-29)24-8-4-5-9-25(24)28(38)36-30(20-34)14-15-30/h1-3,6-7,10-13,24-25,39-40H,4-5,8-9,14-19H2,(H,36,38)/t24-,25-/m1/s1. The van der Waals surface area contributed by atoms with Gasteiger partial charge in [-0.15, -0.1) is 0 Å². The number of nitriles is 1. The van der Waals surface area contributed by atoms with Crippen LogP contribution < -0.4 is 10.2 Å². The highest BCUT2D eigenvalue weighted by molar-refractivity contribution is 8.24. The fraction of sp³-hybridized carbons (Fsp3) is 0.452. The number of amides is 1. The monoisotopic (exact) mass is 596 g/mol. The number of nitrogens with one attached hydrogen (secondary N) is 1. The van der Waals surface area contributed by atoms with Crippen LogP contribution in [0.25, 0.3) is 11.3 Å². The third kappa shape index (κ3) is 5.63. The number of carbonyl (C=O) groups is 1. The Labute approximate surface area is 245 Å². The van der Waals surface area contributed by atoms with E-state index >= 15 is 8.78 Å². The summed E-state index contributed by atoms with van der Waals surface area (Å²) in [6.07, 6.45) is 3.99. The molecule has 2 heterocycles. The first kappa shape index (κ1) is 28.6.